The number of aliphatic carboxylic acids is 1. The van der Waals surface area contributed by atoms with Gasteiger partial charge in [0.2, 0.25) is 0 Å². The molecule has 106 valence electrons. The Bertz CT molecular complexity index is 785. The molecule has 0 aliphatic rings. The minimum atomic E-state index is -0.797. The van der Waals surface area contributed by atoms with Gasteiger partial charge in [0.15, 0.2) is 0 Å². The normalized spacial score (nSPS) is 10.9. The van der Waals surface area contributed by atoms with Crippen LogP contribution in [0.25, 0.3) is 10.9 Å². The molecule has 0 saturated carbocycles. The van der Waals surface area contributed by atoms with E-state index < -0.39 is 5.97 Å². The molecule has 3 aromatic rings. The summed E-state index contributed by atoms with van der Waals surface area (Å²) in [5.74, 6) is -0.797. The van der Waals surface area contributed by atoms with Gasteiger partial charge >= 0.3 is 5.97 Å². The third kappa shape index (κ3) is 2.82. The minimum Gasteiger partial charge on any atom is -0.481 e. The van der Waals surface area contributed by atoms with E-state index in [1.54, 1.807) is 0 Å². The average molecular weight is 279 g/mol. The van der Waals surface area contributed by atoms with Crippen LogP contribution in [0.3, 0.4) is 0 Å². The standard InChI is InChI=1S/C18H17NO2/c1-13-11-19(17-5-3-2-4-16(13)17)12-15-8-6-14(7-9-15)10-18(20)21/h2-9,11H,10,12H2,1H3,(H,20,21). The van der Waals surface area contributed by atoms with Crippen LogP contribution in [0.4, 0.5) is 0 Å². The SMILES string of the molecule is Cc1cn(Cc2ccc(CC(=O)O)cc2)c2ccccc12. The molecule has 0 spiro atoms. The Morgan fingerprint density at radius 2 is 1.71 bits per heavy atom. The van der Waals surface area contributed by atoms with Crippen LogP contribution < -0.4 is 0 Å². The Morgan fingerprint density at radius 3 is 2.43 bits per heavy atom. The number of nitrogens with zero attached hydrogens (tertiary/aromatic N) is 1. The van der Waals surface area contributed by atoms with Crippen LogP contribution in [-0.4, -0.2) is 15.6 Å². The molecule has 0 aliphatic heterocycles. The van der Waals surface area contributed by atoms with Crippen molar-refractivity contribution < 1.29 is 9.90 Å². The van der Waals surface area contributed by atoms with Crippen molar-refractivity contribution in [2.45, 2.75) is 19.9 Å². The molecule has 3 nitrogen and oxygen atoms in total. The van der Waals surface area contributed by atoms with Crippen molar-refractivity contribution >= 4 is 16.9 Å². The lowest BCUT2D eigenvalue weighted by molar-refractivity contribution is -0.136. The van der Waals surface area contributed by atoms with Crippen molar-refractivity contribution in [2.75, 3.05) is 0 Å². The number of fused-ring (bicyclic) bond motifs is 1. The summed E-state index contributed by atoms with van der Waals surface area (Å²) in [6.45, 7) is 2.91. The summed E-state index contributed by atoms with van der Waals surface area (Å²) < 4.78 is 2.23. The Balaban J connectivity index is 1.87. The number of para-hydroxylation sites is 1. The maximum absolute atomic E-state index is 10.7. The molecule has 0 unspecified atom stereocenters. The van der Waals surface area contributed by atoms with E-state index in [9.17, 15) is 4.79 Å². The Morgan fingerprint density at radius 1 is 1.05 bits per heavy atom. The zero-order valence-corrected chi connectivity index (χ0v) is 11.9. The summed E-state index contributed by atoms with van der Waals surface area (Å²) in [5, 5.41) is 10.1. The third-order valence-corrected chi connectivity index (χ3v) is 3.72. The van der Waals surface area contributed by atoms with Gasteiger partial charge < -0.3 is 9.67 Å². The van der Waals surface area contributed by atoms with Crippen LogP contribution in [0.1, 0.15) is 16.7 Å². The van der Waals surface area contributed by atoms with E-state index >= 15 is 0 Å². The molecule has 0 aliphatic carbocycles. The lowest BCUT2D eigenvalue weighted by atomic mass is 10.1. The van der Waals surface area contributed by atoms with Gasteiger partial charge in [-0.3, -0.25) is 4.79 Å². The number of carboxylic acids is 1. The van der Waals surface area contributed by atoms with E-state index in [1.165, 1.54) is 22.0 Å². The van der Waals surface area contributed by atoms with Crippen LogP contribution in [0.2, 0.25) is 0 Å². The Kier molecular flexibility index (Phi) is 3.48. The van der Waals surface area contributed by atoms with Gasteiger partial charge in [-0.25, -0.2) is 0 Å². The number of benzene rings is 2. The maximum Gasteiger partial charge on any atom is 0.307 e. The number of hydrogen-bond acceptors (Lipinski definition) is 1. The van der Waals surface area contributed by atoms with Gasteiger partial charge in [0, 0.05) is 23.6 Å². The average Bonchev–Trinajstić information content (AvgIpc) is 2.78. The molecule has 0 bridgehead atoms. The highest BCUT2D eigenvalue weighted by Crippen LogP contribution is 2.21. The summed E-state index contributed by atoms with van der Waals surface area (Å²) in [4.78, 5) is 10.7. The quantitative estimate of drug-likeness (QED) is 0.792. The number of aromatic nitrogens is 1. The molecule has 3 heteroatoms. The molecule has 1 aromatic heterocycles. The van der Waals surface area contributed by atoms with Gasteiger partial charge in [0.25, 0.3) is 0 Å². The minimum absolute atomic E-state index is 0.0752. The zero-order chi connectivity index (χ0) is 14.8. The molecule has 0 saturated heterocycles. The fourth-order valence-corrected chi connectivity index (χ4v) is 2.70. The number of carboxylic acid groups (broad SMARTS) is 1. The number of carbonyl (C=O) groups is 1. The molecule has 0 radical (unpaired) electrons. The summed E-state index contributed by atoms with van der Waals surface area (Å²) >= 11 is 0. The topological polar surface area (TPSA) is 42.2 Å². The van der Waals surface area contributed by atoms with Gasteiger partial charge in [-0.15, -0.1) is 0 Å². The first-order valence-corrected chi connectivity index (χ1v) is 6.97. The number of hydrogen-bond donors (Lipinski definition) is 1. The summed E-state index contributed by atoms with van der Waals surface area (Å²) in [7, 11) is 0. The highest BCUT2D eigenvalue weighted by atomic mass is 16.4. The van der Waals surface area contributed by atoms with Crippen molar-refractivity contribution in [3.8, 4) is 0 Å². The second-order valence-electron chi connectivity index (χ2n) is 5.34. The summed E-state index contributed by atoms with van der Waals surface area (Å²) in [6, 6.07) is 16.2. The number of aryl methyl sites for hydroxylation is 1. The lowest BCUT2D eigenvalue weighted by Gasteiger charge is -2.06. The van der Waals surface area contributed by atoms with E-state index in [0.717, 1.165) is 12.1 Å². The van der Waals surface area contributed by atoms with Gasteiger partial charge in [0.1, 0.15) is 0 Å². The molecule has 1 N–H and O–H groups in total. The Hall–Kier alpha value is -2.55. The van der Waals surface area contributed by atoms with E-state index in [2.05, 4.69) is 35.9 Å². The van der Waals surface area contributed by atoms with Crippen molar-refractivity contribution in [2.24, 2.45) is 0 Å². The second kappa shape index (κ2) is 5.44. The van der Waals surface area contributed by atoms with Gasteiger partial charge in [-0.05, 0) is 29.7 Å². The fraction of sp³-hybridized carbons (Fsp3) is 0.167. The predicted molar refractivity (Wildman–Crippen MR) is 83.6 cm³/mol. The highest BCUT2D eigenvalue weighted by Gasteiger charge is 2.05. The lowest BCUT2D eigenvalue weighted by Crippen LogP contribution is -2.01. The van der Waals surface area contributed by atoms with Crippen molar-refractivity contribution in [3.05, 3.63) is 71.4 Å². The molecule has 0 atom stereocenters. The summed E-state index contributed by atoms with van der Waals surface area (Å²) in [5.41, 5.74) is 4.50. The predicted octanol–water partition coefficient (Wildman–Crippen LogP) is 3.63. The van der Waals surface area contributed by atoms with Crippen molar-refractivity contribution in [3.63, 3.8) is 0 Å². The zero-order valence-electron chi connectivity index (χ0n) is 11.9. The van der Waals surface area contributed by atoms with E-state index in [-0.39, 0.29) is 6.42 Å². The van der Waals surface area contributed by atoms with Crippen LogP contribution in [0.15, 0.2) is 54.7 Å². The highest BCUT2D eigenvalue weighted by molar-refractivity contribution is 5.83. The summed E-state index contributed by atoms with van der Waals surface area (Å²) in [6.07, 6.45) is 2.24. The van der Waals surface area contributed by atoms with Gasteiger partial charge in [0.05, 0.1) is 6.42 Å². The first-order valence-electron chi connectivity index (χ1n) is 6.97. The van der Waals surface area contributed by atoms with E-state index in [0.29, 0.717) is 0 Å². The molecule has 3 rings (SSSR count). The van der Waals surface area contributed by atoms with Gasteiger partial charge in [-0.2, -0.15) is 0 Å². The van der Waals surface area contributed by atoms with Crippen LogP contribution in [0.5, 0.6) is 0 Å². The van der Waals surface area contributed by atoms with Crippen LogP contribution in [0, 0.1) is 6.92 Å². The monoisotopic (exact) mass is 279 g/mol. The molecular weight excluding hydrogens is 262 g/mol. The molecular formula is C18H17NO2. The third-order valence-electron chi connectivity index (χ3n) is 3.72. The van der Waals surface area contributed by atoms with Crippen LogP contribution >= 0.6 is 0 Å². The Labute approximate surface area is 123 Å². The smallest absolute Gasteiger partial charge is 0.307 e. The second-order valence-corrected chi connectivity index (χ2v) is 5.34. The first-order chi connectivity index (χ1) is 10.1. The fourth-order valence-electron chi connectivity index (χ4n) is 2.70. The molecule has 2 aromatic carbocycles. The van der Waals surface area contributed by atoms with Crippen LogP contribution in [-0.2, 0) is 17.8 Å². The van der Waals surface area contributed by atoms with Crippen molar-refractivity contribution in [1.29, 1.82) is 0 Å². The number of rotatable bonds is 4. The van der Waals surface area contributed by atoms with E-state index in [4.69, 9.17) is 5.11 Å². The molecule has 1 heterocycles. The molecule has 0 amide bonds. The largest absolute Gasteiger partial charge is 0.481 e. The van der Waals surface area contributed by atoms with Crippen molar-refractivity contribution in [1.82, 2.24) is 4.57 Å². The van der Waals surface area contributed by atoms with E-state index in [1.807, 2.05) is 30.3 Å². The maximum atomic E-state index is 10.7. The molecule has 21 heavy (non-hydrogen) atoms. The van der Waals surface area contributed by atoms with Gasteiger partial charge in [-0.1, -0.05) is 42.5 Å². The first kappa shape index (κ1) is 13.4. The molecule has 0 fully saturated rings.